The molecule has 4 nitrogen and oxygen atoms in total. The van der Waals surface area contributed by atoms with E-state index in [1.54, 1.807) is 6.07 Å². The minimum atomic E-state index is -4.43. The summed E-state index contributed by atoms with van der Waals surface area (Å²) in [4.78, 5) is 15.9. The molecule has 2 aromatic rings. The Kier molecular flexibility index (Phi) is 6.77. The van der Waals surface area contributed by atoms with E-state index in [1.807, 2.05) is 6.07 Å². The van der Waals surface area contributed by atoms with Gasteiger partial charge in [0.15, 0.2) is 0 Å². The van der Waals surface area contributed by atoms with Gasteiger partial charge in [-0.3, -0.25) is 4.79 Å². The van der Waals surface area contributed by atoms with E-state index < -0.39 is 23.6 Å². The fraction of sp³-hybridized carbons (Fsp3) is 0.455. The molecule has 1 atom stereocenters. The molecule has 2 N–H and O–H groups in total. The van der Waals surface area contributed by atoms with E-state index in [-0.39, 0.29) is 6.42 Å². The lowest BCUT2D eigenvalue weighted by atomic mass is 9.89. The van der Waals surface area contributed by atoms with Crippen molar-refractivity contribution in [3.63, 3.8) is 0 Å². The van der Waals surface area contributed by atoms with Gasteiger partial charge < -0.3 is 10.4 Å². The lowest BCUT2D eigenvalue weighted by Crippen LogP contribution is -2.14. The molecule has 0 radical (unpaired) electrons. The quantitative estimate of drug-likeness (QED) is 0.574. The second kappa shape index (κ2) is 9.29. The molecule has 1 unspecified atom stereocenters. The van der Waals surface area contributed by atoms with Gasteiger partial charge in [-0.2, -0.15) is 13.2 Å². The summed E-state index contributed by atoms with van der Waals surface area (Å²) in [6.45, 7) is 0.928. The number of carboxylic acids is 1. The monoisotopic (exact) mass is 406 g/mol. The van der Waals surface area contributed by atoms with Crippen LogP contribution in [-0.2, 0) is 23.8 Å². The summed E-state index contributed by atoms with van der Waals surface area (Å²) in [6, 6.07) is 9.13. The highest BCUT2D eigenvalue weighted by atomic mass is 19.4. The van der Waals surface area contributed by atoms with E-state index in [4.69, 9.17) is 0 Å². The molecular weight excluding hydrogens is 381 g/mol. The number of benzene rings is 1. The minimum absolute atomic E-state index is 0.178. The van der Waals surface area contributed by atoms with E-state index in [9.17, 15) is 23.1 Å². The Bertz CT molecular complexity index is 852. The number of alkyl halides is 3. The molecule has 0 bridgehead atoms. The first-order valence-electron chi connectivity index (χ1n) is 9.94. The number of fused-ring (bicyclic) bond motifs is 1. The topological polar surface area (TPSA) is 62.2 Å². The summed E-state index contributed by atoms with van der Waals surface area (Å²) < 4.78 is 38.9. The minimum Gasteiger partial charge on any atom is -0.481 e. The predicted molar refractivity (Wildman–Crippen MR) is 105 cm³/mol. The molecule has 0 aliphatic carbocycles. The van der Waals surface area contributed by atoms with E-state index in [0.29, 0.717) is 12.0 Å². The molecule has 0 amide bonds. The van der Waals surface area contributed by atoms with Crippen LogP contribution in [0.1, 0.15) is 60.4 Å². The summed E-state index contributed by atoms with van der Waals surface area (Å²) in [6.07, 6.45) is 0.339. The van der Waals surface area contributed by atoms with Crippen LogP contribution >= 0.6 is 0 Å². The third kappa shape index (κ3) is 5.95. The number of nitrogens with zero attached hydrogens (tertiary/aromatic N) is 1. The van der Waals surface area contributed by atoms with Crippen LogP contribution < -0.4 is 5.32 Å². The fourth-order valence-electron chi connectivity index (χ4n) is 3.77. The molecule has 156 valence electrons. The first kappa shape index (κ1) is 21.1. The van der Waals surface area contributed by atoms with Crippen LogP contribution in [0.4, 0.5) is 19.0 Å². The second-order valence-corrected chi connectivity index (χ2v) is 7.50. The number of hydrogen-bond acceptors (Lipinski definition) is 3. The maximum atomic E-state index is 13.0. The van der Waals surface area contributed by atoms with Gasteiger partial charge in [0.25, 0.3) is 0 Å². The van der Waals surface area contributed by atoms with E-state index in [2.05, 4.69) is 16.4 Å². The lowest BCUT2D eigenvalue weighted by molar-refractivity contribution is -0.138. The molecule has 0 fully saturated rings. The van der Waals surface area contributed by atoms with Crippen molar-refractivity contribution in [2.75, 3.05) is 11.9 Å². The van der Waals surface area contributed by atoms with Crippen molar-refractivity contribution >= 4 is 11.8 Å². The maximum absolute atomic E-state index is 13.0. The number of carboxylic acid groups (broad SMARTS) is 1. The Morgan fingerprint density at radius 1 is 1.21 bits per heavy atom. The highest BCUT2D eigenvalue weighted by molar-refractivity contribution is 5.68. The predicted octanol–water partition coefficient (Wildman–Crippen LogP) is 5.43. The number of anilines is 1. The van der Waals surface area contributed by atoms with Crippen molar-refractivity contribution in [2.45, 2.75) is 57.0 Å². The number of carbonyl (C=O) groups is 1. The van der Waals surface area contributed by atoms with Crippen LogP contribution in [0.25, 0.3) is 0 Å². The number of pyridine rings is 1. The Balaban J connectivity index is 1.59. The summed E-state index contributed by atoms with van der Waals surface area (Å²) in [5.41, 5.74) is 1.90. The van der Waals surface area contributed by atoms with Crippen molar-refractivity contribution in [1.82, 2.24) is 4.98 Å². The van der Waals surface area contributed by atoms with E-state index in [0.717, 1.165) is 62.3 Å². The number of nitrogens with one attached hydrogen (secondary N) is 1. The average Bonchev–Trinajstić information content (AvgIpc) is 2.69. The number of rotatable bonds is 8. The first-order chi connectivity index (χ1) is 13.8. The molecule has 0 saturated carbocycles. The molecule has 1 aliphatic rings. The highest BCUT2D eigenvalue weighted by Gasteiger charge is 2.31. The first-order valence-corrected chi connectivity index (χ1v) is 9.94. The number of halogens is 3. The highest BCUT2D eigenvalue weighted by Crippen LogP contribution is 2.33. The standard InChI is InChI=1S/C22H25F3N2O2/c23-22(24,25)18-8-3-6-16(13-18)17(14-20(28)29)5-1-2-9-19-11-10-15-7-4-12-26-21(15)27-19/h3,6,8,10-11,13,17H,1-2,4-5,7,9,12,14H2,(H,26,27)(H,28,29). The number of aryl methyl sites for hydroxylation is 2. The zero-order valence-corrected chi connectivity index (χ0v) is 16.1. The smallest absolute Gasteiger partial charge is 0.416 e. The van der Waals surface area contributed by atoms with Crippen LogP contribution in [0.15, 0.2) is 36.4 Å². The molecule has 0 saturated heterocycles. The van der Waals surface area contributed by atoms with Gasteiger partial charge in [-0.25, -0.2) is 4.98 Å². The molecule has 3 rings (SSSR count). The molecule has 0 spiro atoms. The van der Waals surface area contributed by atoms with Gasteiger partial charge in [-0.1, -0.05) is 30.7 Å². The number of unbranched alkanes of at least 4 members (excludes halogenated alkanes) is 1. The molecule has 1 aliphatic heterocycles. The van der Waals surface area contributed by atoms with Gasteiger partial charge in [-0.15, -0.1) is 0 Å². The van der Waals surface area contributed by atoms with Crippen LogP contribution in [0, 0.1) is 0 Å². The lowest BCUT2D eigenvalue weighted by Gasteiger charge is -2.18. The zero-order valence-electron chi connectivity index (χ0n) is 16.1. The normalized spacial score (nSPS) is 14.7. The third-order valence-electron chi connectivity index (χ3n) is 5.29. The van der Waals surface area contributed by atoms with Gasteiger partial charge in [0.1, 0.15) is 5.82 Å². The SMILES string of the molecule is O=C(O)CC(CCCCc1ccc2c(n1)NCCC2)c1cccc(C(F)(F)F)c1. The number of aromatic nitrogens is 1. The summed E-state index contributed by atoms with van der Waals surface area (Å²) >= 11 is 0. The molecular formula is C22H25F3N2O2. The van der Waals surface area contributed by atoms with Gasteiger partial charge in [0, 0.05) is 12.2 Å². The van der Waals surface area contributed by atoms with Gasteiger partial charge in [0.05, 0.1) is 12.0 Å². The fourth-order valence-corrected chi connectivity index (χ4v) is 3.77. The summed E-state index contributed by atoms with van der Waals surface area (Å²) in [5, 5.41) is 12.5. The van der Waals surface area contributed by atoms with Gasteiger partial charge in [-0.05, 0) is 61.3 Å². The van der Waals surface area contributed by atoms with Crippen LogP contribution in [-0.4, -0.2) is 22.6 Å². The Morgan fingerprint density at radius 3 is 2.79 bits per heavy atom. The maximum Gasteiger partial charge on any atom is 0.416 e. The Hall–Kier alpha value is -2.57. The molecule has 29 heavy (non-hydrogen) atoms. The third-order valence-corrected chi connectivity index (χ3v) is 5.29. The van der Waals surface area contributed by atoms with Crippen molar-refractivity contribution < 1.29 is 23.1 Å². The molecule has 1 aromatic carbocycles. The van der Waals surface area contributed by atoms with Gasteiger partial charge >= 0.3 is 12.1 Å². The summed E-state index contributed by atoms with van der Waals surface area (Å²) in [7, 11) is 0. The van der Waals surface area contributed by atoms with Gasteiger partial charge in [0.2, 0.25) is 0 Å². The van der Waals surface area contributed by atoms with Crippen LogP contribution in [0.3, 0.4) is 0 Å². The van der Waals surface area contributed by atoms with E-state index in [1.165, 1.54) is 11.6 Å². The van der Waals surface area contributed by atoms with Crippen LogP contribution in [0.2, 0.25) is 0 Å². The number of hydrogen-bond donors (Lipinski definition) is 2. The molecule has 7 heteroatoms. The number of aliphatic carboxylic acids is 1. The average molecular weight is 406 g/mol. The van der Waals surface area contributed by atoms with Crippen molar-refractivity contribution in [3.05, 3.63) is 58.8 Å². The van der Waals surface area contributed by atoms with Crippen molar-refractivity contribution in [1.29, 1.82) is 0 Å². The second-order valence-electron chi connectivity index (χ2n) is 7.50. The molecule has 2 heterocycles. The van der Waals surface area contributed by atoms with Crippen LogP contribution in [0.5, 0.6) is 0 Å². The van der Waals surface area contributed by atoms with Crippen molar-refractivity contribution in [3.8, 4) is 0 Å². The Labute approximate surface area is 168 Å². The summed E-state index contributed by atoms with van der Waals surface area (Å²) in [5.74, 6) is -0.496. The van der Waals surface area contributed by atoms with E-state index >= 15 is 0 Å². The Morgan fingerprint density at radius 2 is 2.03 bits per heavy atom. The molecule has 1 aromatic heterocycles. The largest absolute Gasteiger partial charge is 0.481 e. The van der Waals surface area contributed by atoms with Crippen molar-refractivity contribution in [2.24, 2.45) is 0 Å². The zero-order chi connectivity index (χ0) is 20.9.